The summed E-state index contributed by atoms with van der Waals surface area (Å²) in [5.41, 5.74) is -0.723. The zero-order valence-corrected chi connectivity index (χ0v) is 19.2. The van der Waals surface area contributed by atoms with E-state index < -0.39 is 36.3 Å². The molecule has 1 aromatic heterocycles. The second-order valence-electron chi connectivity index (χ2n) is 6.92. The fourth-order valence-corrected chi connectivity index (χ4v) is 3.18. The Morgan fingerprint density at radius 1 is 1.12 bits per heavy atom. The van der Waals surface area contributed by atoms with Crippen molar-refractivity contribution in [3.8, 4) is 11.9 Å². The highest BCUT2D eigenvalue weighted by Gasteiger charge is 2.22. The van der Waals surface area contributed by atoms with E-state index in [9.17, 15) is 24.8 Å². The molecule has 11 heteroatoms. The van der Waals surface area contributed by atoms with Crippen LogP contribution >= 0.6 is 23.2 Å². The highest BCUT2D eigenvalue weighted by atomic mass is 35.5. The molecule has 0 bridgehead atoms. The number of azo groups is 1. The number of pyridine rings is 1. The number of nitrogens with zero attached hydrogens (tertiary/aromatic N) is 4. The van der Waals surface area contributed by atoms with Gasteiger partial charge in [-0.2, -0.15) is 10.4 Å². The van der Waals surface area contributed by atoms with Gasteiger partial charge in [0.25, 0.3) is 5.56 Å². The van der Waals surface area contributed by atoms with Crippen molar-refractivity contribution >= 4 is 46.3 Å². The van der Waals surface area contributed by atoms with E-state index in [-0.39, 0.29) is 27.5 Å². The van der Waals surface area contributed by atoms with Crippen molar-refractivity contribution in [1.29, 1.82) is 5.26 Å². The third kappa shape index (κ3) is 5.49. The molecule has 0 saturated heterocycles. The van der Waals surface area contributed by atoms with Crippen molar-refractivity contribution < 1.29 is 19.4 Å². The summed E-state index contributed by atoms with van der Waals surface area (Å²) in [7, 11) is 0. The Hall–Kier alpha value is -4.00. The number of Topliss-reactive ketones (excluding diaryl/α,β-unsaturated/α-hetero) is 1. The number of carbonyl (C=O) groups is 2. The lowest BCUT2D eigenvalue weighted by atomic mass is 10.1. The molecule has 34 heavy (non-hydrogen) atoms. The Kier molecular flexibility index (Phi) is 7.79. The Morgan fingerprint density at radius 2 is 1.82 bits per heavy atom. The number of carbonyl (C=O) groups excluding carboxylic acids is 2. The van der Waals surface area contributed by atoms with Crippen LogP contribution in [0.4, 0.5) is 11.4 Å². The third-order valence-electron chi connectivity index (χ3n) is 4.68. The Morgan fingerprint density at radius 3 is 2.47 bits per heavy atom. The zero-order valence-electron chi connectivity index (χ0n) is 17.7. The van der Waals surface area contributed by atoms with Crippen LogP contribution in [0.2, 0.25) is 10.0 Å². The van der Waals surface area contributed by atoms with Crippen molar-refractivity contribution in [2.24, 2.45) is 10.2 Å². The molecule has 2 aromatic carbocycles. The van der Waals surface area contributed by atoms with Crippen LogP contribution < -0.4 is 5.56 Å². The second kappa shape index (κ2) is 10.7. The van der Waals surface area contributed by atoms with Crippen LogP contribution in [0, 0.1) is 18.3 Å². The molecule has 0 atom stereocenters. The molecule has 0 fully saturated rings. The van der Waals surface area contributed by atoms with Gasteiger partial charge in [-0.25, -0.2) is 0 Å². The highest BCUT2D eigenvalue weighted by molar-refractivity contribution is 6.42. The number of ether oxygens (including phenoxy) is 1. The van der Waals surface area contributed by atoms with Crippen molar-refractivity contribution in [2.45, 2.75) is 13.5 Å². The molecule has 0 aliphatic heterocycles. The van der Waals surface area contributed by atoms with E-state index in [2.05, 4.69) is 10.2 Å². The lowest BCUT2D eigenvalue weighted by molar-refractivity contribution is -0.143. The number of ketones is 1. The van der Waals surface area contributed by atoms with E-state index in [1.54, 1.807) is 36.4 Å². The average molecular weight is 499 g/mol. The van der Waals surface area contributed by atoms with Crippen molar-refractivity contribution in [3.63, 3.8) is 0 Å². The van der Waals surface area contributed by atoms with E-state index in [1.165, 1.54) is 25.1 Å². The van der Waals surface area contributed by atoms with Gasteiger partial charge in [0, 0.05) is 11.1 Å². The van der Waals surface area contributed by atoms with Gasteiger partial charge >= 0.3 is 5.97 Å². The predicted octanol–water partition coefficient (Wildman–Crippen LogP) is 4.88. The SMILES string of the molecule is Cc1c(C#N)c(O)n(CC(=O)OCC(=O)c2ccccc2)c(=O)c1N=Nc1ccc(Cl)c(Cl)c1. The van der Waals surface area contributed by atoms with Gasteiger partial charge in [-0.15, -0.1) is 5.11 Å². The monoisotopic (exact) mass is 498 g/mol. The molecule has 0 spiro atoms. The standard InChI is InChI=1S/C23H16Cl2N4O5/c1-13-16(10-26)22(32)29(11-20(31)34-12-19(30)14-5-3-2-4-6-14)23(33)21(13)28-27-15-7-8-17(24)18(25)9-15/h2-9,32H,11-12H2,1H3. The summed E-state index contributed by atoms with van der Waals surface area (Å²) in [6, 6.07) is 14.4. The summed E-state index contributed by atoms with van der Waals surface area (Å²) in [5.74, 6) is -2.14. The number of aromatic nitrogens is 1. The fourth-order valence-electron chi connectivity index (χ4n) is 2.89. The quantitative estimate of drug-likeness (QED) is 0.280. The van der Waals surface area contributed by atoms with Gasteiger partial charge in [0.05, 0.1) is 15.7 Å². The maximum absolute atomic E-state index is 12.9. The van der Waals surface area contributed by atoms with Crippen LogP contribution in [-0.2, 0) is 16.1 Å². The largest absolute Gasteiger partial charge is 0.493 e. The summed E-state index contributed by atoms with van der Waals surface area (Å²) in [5, 5.41) is 28.2. The van der Waals surface area contributed by atoms with Crippen LogP contribution in [0.15, 0.2) is 63.6 Å². The van der Waals surface area contributed by atoms with E-state index in [4.69, 9.17) is 27.9 Å². The van der Waals surface area contributed by atoms with Gasteiger partial charge in [0.15, 0.2) is 18.1 Å². The molecule has 0 radical (unpaired) electrons. The zero-order chi connectivity index (χ0) is 24.8. The minimum atomic E-state index is -0.971. The van der Waals surface area contributed by atoms with Gasteiger partial charge in [0.2, 0.25) is 5.88 Å². The van der Waals surface area contributed by atoms with E-state index in [1.807, 2.05) is 0 Å². The number of halogens is 2. The van der Waals surface area contributed by atoms with Crippen molar-refractivity contribution in [2.75, 3.05) is 6.61 Å². The first kappa shape index (κ1) is 24.6. The third-order valence-corrected chi connectivity index (χ3v) is 5.42. The van der Waals surface area contributed by atoms with Crippen LogP contribution in [0.3, 0.4) is 0 Å². The minimum Gasteiger partial charge on any atom is -0.493 e. The number of esters is 1. The molecule has 0 aliphatic rings. The molecular formula is C23H16Cl2N4O5. The fraction of sp³-hybridized carbons (Fsp3) is 0.130. The summed E-state index contributed by atoms with van der Waals surface area (Å²) in [6.07, 6.45) is 0. The maximum atomic E-state index is 12.9. The first-order chi connectivity index (χ1) is 16.2. The molecule has 3 rings (SSSR count). The molecule has 3 aromatic rings. The molecule has 0 aliphatic carbocycles. The molecule has 0 amide bonds. The number of hydrogen-bond donors (Lipinski definition) is 1. The normalized spacial score (nSPS) is 10.8. The number of hydrogen-bond acceptors (Lipinski definition) is 8. The molecule has 172 valence electrons. The van der Waals surface area contributed by atoms with Gasteiger partial charge in [-0.3, -0.25) is 19.0 Å². The van der Waals surface area contributed by atoms with E-state index in [0.717, 1.165) is 0 Å². The van der Waals surface area contributed by atoms with Gasteiger partial charge < -0.3 is 9.84 Å². The van der Waals surface area contributed by atoms with Crippen molar-refractivity contribution in [3.05, 3.63) is 85.6 Å². The van der Waals surface area contributed by atoms with Crippen LogP contribution in [0.25, 0.3) is 0 Å². The molecule has 9 nitrogen and oxygen atoms in total. The summed E-state index contributed by atoms with van der Waals surface area (Å²) in [4.78, 5) is 37.3. The number of nitriles is 1. The number of aromatic hydroxyl groups is 1. The molecular weight excluding hydrogens is 483 g/mol. The average Bonchev–Trinajstić information content (AvgIpc) is 2.83. The predicted molar refractivity (Wildman–Crippen MR) is 124 cm³/mol. The Bertz CT molecular complexity index is 1400. The Labute approximate surface area is 203 Å². The van der Waals surface area contributed by atoms with Crippen LogP contribution in [0.1, 0.15) is 21.5 Å². The van der Waals surface area contributed by atoms with Crippen LogP contribution in [-0.4, -0.2) is 28.0 Å². The lowest BCUT2D eigenvalue weighted by Crippen LogP contribution is -2.27. The summed E-state index contributed by atoms with van der Waals surface area (Å²) < 4.78 is 5.58. The van der Waals surface area contributed by atoms with Gasteiger partial charge in [0.1, 0.15) is 18.2 Å². The molecule has 1 heterocycles. The smallest absolute Gasteiger partial charge is 0.326 e. The highest BCUT2D eigenvalue weighted by Crippen LogP contribution is 2.29. The van der Waals surface area contributed by atoms with E-state index in [0.29, 0.717) is 15.2 Å². The van der Waals surface area contributed by atoms with E-state index >= 15 is 0 Å². The first-order valence-corrected chi connectivity index (χ1v) is 10.5. The molecule has 1 N–H and O–H groups in total. The lowest BCUT2D eigenvalue weighted by Gasteiger charge is -2.12. The topological polar surface area (TPSA) is 134 Å². The van der Waals surface area contributed by atoms with Crippen molar-refractivity contribution in [1.82, 2.24) is 4.57 Å². The molecule has 0 saturated carbocycles. The first-order valence-electron chi connectivity index (χ1n) is 9.70. The number of benzene rings is 2. The number of rotatable bonds is 7. The maximum Gasteiger partial charge on any atom is 0.326 e. The van der Waals surface area contributed by atoms with Gasteiger partial charge in [-0.05, 0) is 25.1 Å². The minimum absolute atomic E-state index is 0.0673. The molecule has 0 unspecified atom stereocenters. The summed E-state index contributed by atoms with van der Waals surface area (Å²) >= 11 is 11.8. The van der Waals surface area contributed by atoms with Gasteiger partial charge in [-0.1, -0.05) is 53.5 Å². The summed E-state index contributed by atoms with van der Waals surface area (Å²) in [6.45, 7) is 0.0975. The second-order valence-corrected chi connectivity index (χ2v) is 7.74. The van der Waals surface area contributed by atoms with Crippen LogP contribution in [0.5, 0.6) is 5.88 Å². The Balaban J connectivity index is 1.87.